The third kappa shape index (κ3) is 4.60. The van der Waals surface area contributed by atoms with Gasteiger partial charge in [0.05, 0.1) is 5.56 Å². The van der Waals surface area contributed by atoms with Crippen LogP contribution in [0.4, 0.5) is 0 Å². The molecule has 5 nitrogen and oxygen atoms in total. The molecular weight excluding hydrogens is 396 g/mol. The quantitative estimate of drug-likeness (QED) is 0.265. The van der Waals surface area contributed by atoms with Crippen molar-refractivity contribution in [1.29, 1.82) is 0 Å². The van der Waals surface area contributed by atoms with Gasteiger partial charge in [-0.15, -0.1) is 0 Å². The van der Waals surface area contributed by atoms with Crippen LogP contribution in [0.15, 0.2) is 87.7 Å². The Hall–Kier alpha value is -3.09. The van der Waals surface area contributed by atoms with Gasteiger partial charge in [0.1, 0.15) is 5.71 Å². The SMILES string of the molecule is NN=C(C(=O)c1ccc(Sc2ccc(Cl)cc2)cc1)c1ccc(C(=O)O)cc1. The molecule has 0 saturated heterocycles. The summed E-state index contributed by atoms with van der Waals surface area (Å²) in [4.78, 5) is 25.7. The molecule has 0 saturated carbocycles. The van der Waals surface area contributed by atoms with Gasteiger partial charge in [0.2, 0.25) is 5.78 Å². The summed E-state index contributed by atoms with van der Waals surface area (Å²) in [7, 11) is 0. The zero-order chi connectivity index (χ0) is 20.1. The number of carbonyl (C=O) groups is 2. The van der Waals surface area contributed by atoms with E-state index in [9.17, 15) is 9.59 Å². The average Bonchev–Trinajstić information content (AvgIpc) is 2.71. The normalized spacial score (nSPS) is 11.2. The average molecular weight is 411 g/mol. The first kappa shape index (κ1) is 19.7. The Bertz CT molecular complexity index is 1030. The van der Waals surface area contributed by atoms with Crippen molar-refractivity contribution < 1.29 is 14.7 Å². The molecule has 0 radical (unpaired) electrons. The summed E-state index contributed by atoms with van der Waals surface area (Å²) in [6, 6.07) is 20.4. The summed E-state index contributed by atoms with van der Waals surface area (Å²) in [5.41, 5.74) is 1.08. The molecular formula is C21H15ClN2O3S. The molecule has 0 aliphatic heterocycles. The number of ketones is 1. The molecule has 0 aliphatic carbocycles. The number of hydrazone groups is 1. The van der Waals surface area contributed by atoms with Crippen LogP contribution in [0.2, 0.25) is 5.02 Å². The van der Waals surface area contributed by atoms with Crippen LogP contribution in [-0.2, 0) is 0 Å². The van der Waals surface area contributed by atoms with E-state index in [0.29, 0.717) is 16.1 Å². The largest absolute Gasteiger partial charge is 0.478 e. The maximum atomic E-state index is 12.8. The number of Topliss-reactive ketones (excluding diaryl/α,β-unsaturated/α-hetero) is 1. The summed E-state index contributed by atoms with van der Waals surface area (Å²) in [5.74, 6) is 4.04. The Morgan fingerprint density at radius 3 is 1.75 bits per heavy atom. The fourth-order valence-corrected chi connectivity index (χ4v) is 3.43. The molecule has 0 unspecified atom stereocenters. The first-order valence-electron chi connectivity index (χ1n) is 8.17. The van der Waals surface area contributed by atoms with E-state index in [-0.39, 0.29) is 17.1 Å². The number of hydrogen-bond donors (Lipinski definition) is 2. The Balaban J connectivity index is 1.77. The van der Waals surface area contributed by atoms with E-state index < -0.39 is 5.97 Å². The lowest BCUT2D eigenvalue weighted by atomic mass is 10.00. The van der Waals surface area contributed by atoms with Crippen molar-refractivity contribution in [1.82, 2.24) is 0 Å². The zero-order valence-corrected chi connectivity index (χ0v) is 16.1. The highest BCUT2D eigenvalue weighted by atomic mass is 35.5. The molecule has 3 N–H and O–H groups in total. The maximum Gasteiger partial charge on any atom is 0.335 e. The number of hydrogen-bond acceptors (Lipinski definition) is 5. The second-order valence-corrected chi connectivity index (χ2v) is 7.35. The Morgan fingerprint density at radius 2 is 1.25 bits per heavy atom. The minimum absolute atomic E-state index is 0.0649. The number of carboxylic acid groups (broad SMARTS) is 1. The first-order valence-corrected chi connectivity index (χ1v) is 9.37. The lowest BCUT2D eigenvalue weighted by Gasteiger charge is -2.07. The van der Waals surface area contributed by atoms with Crippen molar-refractivity contribution in [2.45, 2.75) is 9.79 Å². The number of carbonyl (C=O) groups excluding carboxylic acids is 1. The smallest absolute Gasteiger partial charge is 0.335 e. The summed E-state index contributed by atoms with van der Waals surface area (Å²) < 4.78 is 0. The van der Waals surface area contributed by atoms with Crippen LogP contribution >= 0.6 is 23.4 Å². The second kappa shape index (κ2) is 8.73. The van der Waals surface area contributed by atoms with Crippen LogP contribution < -0.4 is 5.84 Å². The van der Waals surface area contributed by atoms with E-state index in [1.165, 1.54) is 24.3 Å². The number of halogens is 1. The van der Waals surface area contributed by atoms with Gasteiger partial charge in [0, 0.05) is 25.9 Å². The number of rotatable bonds is 6. The van der Waals surface area contributed by atoms with Crippen LogP contribution in [0, 0.1) is 0 Å². The molecule has 0 aliphatic rings. The second-order valence-electron chi connectivity index (χ2n) is 5.77. The van der Waals surface area contributed by atoms with Gasteiger partial charge in [-0.05, 0) is 60.7 Å². The molecule has 0 fully saturated rings. The predicted molar refractivity (Wildman–Crippen MR) is 110 cm³/mol. The molecule has 3 aromatic carbocycles. The Kier molecular flexibility index (Phi) is 6.13. The van der Waals surface area contributed by atoms with Crippen LogP contribution in [0.1, 0.15) is 26.3 Å². The van der Waals surface area contributed by atoms with Crippen molar-refractivity contribution >= 4 is 40.8 Å². The van der Waals surface area contributed by atoms with E-state index in [0.717, 1.165) is 9.79 Å². The van der Waals surface area contributed by atoms with E-state index >= 15 is 0 Å². The molecule has 140 valence electrons. The molecule has 0 aromatic heterocycles. The highest BCUT2D eigenvalue weighted by molar-refractivity contribution is 7.99. The molecule has 3 rings (SSSR count). The summed E-state index contributed by atoms with van der Waals surface area (Å²) in [6.45, 7) is 0. The Morgan fingerprint density at radius 1 is 0.786 bits per heavy atom. The summed E-state index contributed by atoms with van der Waals surface area (Å²) >= 11 is 7.44. The van der Waals surface area contributed by atoms with Crippen LogP contribution in [0.3, 0.4) is 0 Å². The fourth-order valence-electron chi connectivity index (χ4n) is 2.48. The summed E-state index contributed by atoms with van der Waals surface area (Å²) in [5, 5.41) is 13.3. The van der Waals surface area contributed by atoms with E-state index in [4.69, 9.17) is 22.6 Å². The first-order chi connectivity index (χ1) is 13.5. The van der Waals surface area contributed by atoms with Crippen molar-refractivity contribution in [3.8, 4) is 0 Å². The van der Waals surface area contributed by atoms with Crippen molar-refractivity contribution in [2.24, 2.45) is 10.9 Å². The van der Waals surface area contributed by atoms with Crippen molar-refractivity contribution in [2.75, 3.05) is 0 Å². The van der Waals surface area contributed by atoms with Crippen LogP contribution in [-0.4, -0.2) is 22.6 Å². The number of nitrogens with zero attached hydrogens (tertiary/aromatic N) is 1. The van der Waals surface area contributed by atoms with Crippen LogP contribution in [0.5, 0.6) is 0 Å². The molecule has 0 atom stereocenters. The third-order valence-electron chi connectivity index (χ3n) is 3.92. The maximum absolute atomic E-state index is 12.8. The molecule has 7 heteroatoms. The lowest BCUT2D eigenvalue weighted by Crippen LogP contribution is -2.18. The van der Waals surface area contributed by atoms with Crippen molar-refractivity contribution in [3.05, 3.63) is 94.5 Å². The third-order valence-corrected chi connectivity index (χ3v) is 5.18. The van der Waals surface area contributed by atoms with Gasteiger partial charge >= 0.3 is 5.97 Å². The molecule has 0 bridgehead atoms. The lowest BCUT2D eigenvalue weighted by molar-refractivity contribution is 0.0696. The highest BCUT2D eigenvalue weighted by Crippen LogP contribution is 2.28. The van der Waals surface area contributed by atoms with E-state index in [1.807, 2.05) is 36.4 Å². The zero-order valence-electron chi connectivity index (χ0n) is 14.5. The van der Waals surface area contributed by atoms with Gasteiger partial charge in [-0.3, -0.25) is 4.79 Å². The fraction of sp³-hybridized carbons (Fsp3) is 0. The number of nitrogens with two attached hydrogens (primary N) is 1. The minimum atomic E-state index is -1.04. The molecule has 3 aromatic rings. The topological polar surface area (TPSA) is 92.8 Å². The number of carboxylic acids is 1. The molecule has 0 spiro atoms. The molecule has 28 heavy (non-hydrogen) atoms. The molecule has 0 heterocycles. The van der Waals surface area contributed by atoms with Gasteiger partial charge in [-0.2, -0.15) is 5.10 Å². The van der Waals surface area contributed by atoms with E-state index in [1.54, 1.807) is 23.9 Å². The van der Waals surface area contributed by atoms with Gasteiger partial charge < -0.3 is 10.9 Å². The minimum Gasteiger partial charge on any atom is -0.478 e. The van der Waals surface area contributed by atoms with Gasteiger partial charge in [-0.1, -0.05) is 35.5 Å². The van der Waals surface area contributed by atoms with E-state index in [2.05, 4.69) is 5.10 Å². The number of aromatic carboxylic acids is 1. The highest BCUT2D eigenvalue weighted by Gasteiger charge is 2.17. The van der Waals surface area contributed by atoms with Gasteiger partial charge in [0.25, 0.3) is 0 Å². The summed E-state index contributed by atoms with van der Waals surface area (Å²) in [6.07, 6.45) is 0. The predicted octanol–water partition coefficient (Wildman–Crippen LogP) is 4.74. The van der Waals surface area contributed by atoms with Crippen molar-refractivity contribution in [3.63, 3.8) is 0 Å². The Labute approximate surface area is 170 Å². The standard InChI is InChI=1S/C21H15ClN2O3S/c22-16-7-11-18(12-8-16)28-17-9-5-14(6-10-17)20(25)19(24-23)13-1-3-15(4-2-13)21(26)27/h1-12H,23H2,(H,26,27). The van der Waals surface area contributed by atoms with Crippen LogP contribution in [0.25, 0.3) is 0 Å². The van der Waals surface area contributed by atoms with Gasteiger partial charge in [0.15, 0.2) is 0 Å². The number of benzene rings is 3. The molecule has 0 amide bonds. The monoisotopic (exact) mass is 410 g/mol. The van der Waals surface area contributed by atoms with Gasteiger partial charge in [-0.25, -0.2) is 4.79 Å².